The molecular weight excluding hydrogens is 236 g/mol. The summed E-state index contributed by atoms with van der Waals surface area (Å²) in [6.45, 7) is 10.8. The van der Waals surface area contributed by atoms with Crippen molar-refractivity contribution in [2.24, 2.45) is 5.41 Å². The summed E-state index contributed by atoms with van der Waals surface area (Å²) >= 11 is 0. The van der Waals surface area contributed by atoms with Crippen LogP contribution in [0.1, 0.15) is 46.6 Å². The molecule has 2 N–H and O–H groups in total. The standard InChI is InChI=1S/C16H26N2O/c1-6-16(4,5)15(19)18(12(2)3)11-13-8-7-9-14(17)10-13/h7-10,12H,6,11,17H2,1-5H3. The van der Waals surface area contributed by atoms with Crippen molar-refractivity contribution in [3.05, 3.63) is 29.8 Å². The Kier molecular flexibility index (Phi) is 4.98. The number of carbonyl (C=O) groups is 1. The second-order valence-corrected chi connectivity index (χ2v) is 6.01. The van der Waals surface area contributed by atoms with E-state index in [2.05, 4.69) is 20.8 Å². The molecule has 1 aromatic carbocycles. The summed E-state index contributed by atoms with van der Waals surface area (Å²) < 4.78 is 0. The van der Waals surface area contributed by atoms with Crippen LogP contribution in [0.5, 0.6) is 0 Å². The van der Waals surface area contributed by atoms with Crippen LogP contribution in [0.25, 0.3) is 0 Å². The maximum absolute atomic E-state index is 12.6. The largest absolute Gasteiger partial charge is 0.399 e. The molecule has 0 atom stereocenters. The lowest BCUT2D eigenvalue weighted by Gasteiger charge is -2.34. The average Bonchev–Trinajstić information content (AvgIpc) is 2.35. The molecule has 0 saturated carbocycles. The number of nitrogens with zero attached hydrogens (tertiary/aromatic N) is 1. The molecule has 0 aliphatic rings. The van der Waals surface area contributed by atoms with E-state index in [0.717, 1.165) is 17.7 Å². The van der Waals surface area contributed by atoms with Gasteiger partial charge in [-0.1, -0.05) is 32.9 Å². The van der Waals surface area contributed by atoms with Crippen LogP contribution in [-0.4, -0.2) is 16.8 Å². The third-order valence-corrected chi connectivity index (χ3v) is 3.65. The highest BCUT2D eigenvalue weighted by molar-refractivity contribution is 5.82. The highest BCUT2D eigenvalue weighted by atomic mass is 16.2. The molecule has 0 spiro atoms. The van der Waals surface area contributed by atoms with Gasteiger partial charge in [-0.2, -0.15) is 0 Å². The van der Waals surface area contributed by atoms with Crippen LogP contribution in [-0.2, 0) is 11.3 Å². The third kappa shape index (κ3) is 3.98. The van der Waals surface area contributed by atoms with Gasteiger partial charge < -0.3 is 10.6 Å². The number of amides is 1. The lowest BCUT2D eigenvalue weighted by molar-refractivity contribution is -0.143. The molecule has 1 amide bonds. The van der Waals surface area contributed by atoms with E-state index in [1.165, 1.54) is 0 Å². The monoisotopic (exact) mass is 262 g/mol. The number of benzene rings is 1. The van der Waals surface area contributed by atoms with Crippen LogP contribution < -0.4 is 5.73 Å². The fraction of sp³-hybridized carbons (Fsp3) is 0.562. The SMILES string of the molecule is CCC(C)(C)C(=O)N(Cc1cccc(N)c1)C(C)C. The Morgan fingerprint density at radius 2 is 2.00 bits per heavy atom. The molecule has 0 fully saturated rings. The fourth-order valence-electron chi connectivity index (χ4n) is 1.92. The predicted molar refractivity (Wildman–Crippen MR) is 80.6 cm³/mol. The van der Waals surface area contributed by atoms with Crippen molar-refractivity contribution < 1.29 is 4.79 Å². The lowest BCUT2D eigenvalue weighted by atomic mass is 9.88. The van der Waals surface area contributed by atoms with Gasteiger partial charge in [0.1, 0.15) is 0 Å². The van der Waals surface area contributed by atoms with Gasteiger partial charge in [-0.25, -0.2) is 0 Å². The van der Waals surface area contributed by atoms with Gasteiger partial charge >= 0.3 is 0 Å². The fourth-order valence-corrected chi connectivity index (χ4v) is 1.92. The maximum atomic E-state index is 12.6. The molecule has 0 bridgehead atoms. The van der Waals surface area contributed by atoms with Crippen LogP contribution >= 0.6 is 0 Å². The minimum atomic E-state index is -0.315. The minimum absolute atomic E-state index is 0.180. The van der Waals surface area contributed by atoms with Gasteiger partial charge in [0.25, 0.3) is 0 Å². The maximum Gasteiger partial charge on any atom is 0.228 e. The Balaban J connectivity index is 2.94. The highest BCUT2D eigenvalue weighted by Gasteiger charge is 2.31. The summed E-state index contributed by atoms with van der Waals surface area (Å²) in [6, 6.07) is 7.92. The number of rotatable bonds is 5. The molecule has 106 valence electrons. The van der Waals surface area contributed by atoms with Crippen molar-refractivity contribution in [3.63, 3.8) is 0 Å². The molecular formula is C16H26N2O. The number of nitrogen functional groups attached to an aromatic ring is 1. The van der Waals surface area contributed by atoms with Gasteiger partial charge in [-0.3, -0.25) is 4.79 Å². The molecule has 0 unspecified atom stereocenters. The summed E-state index contributed by atoms with van der Waals surface area (Å²) in [5.41, 5.74) is 7.30. The first-order valence-electron chi connectivity index (χ1n) is 6.93. The van der Waals surface area contributed by atoms with Crippen molar-refractivity contribution in [1.82, 2.24) is 4.90 Å². The van der Waals surface area contributed by atoms with Crippen LogP contribution in [0.3, 0.4) is 0 Å². The Morgan fingerprint density at radius 1 is 1.37 bits per heavy atom. The molecule has 0 aliphatic heterocycles. The van der Waals surface area contributed by atoms with Crippen LogP contribution in [0.15, 0.2) is 24.3 Å². The lowest BCUT2D eigenvalue weighted by Crippen LogP contribution is -2.44. The molecule has 0 radical (unpaired) electrons. The Bertz CT molecular complexity index is 438. The topological polar surface area (TPSA) is 46.3 Å². The van der Waals surface area contributed by atoms with Gasteiger partial charge in [0.2, 0.25) is 5.91 Å². The highest BCUT2D eigenvalue weighted by Crippen LogP contribution is 2.25. The van der Waals surface area contributed by atoms with Crippen LogP contribution in [0.2, 0.25) is 0 Å². The summed E-state index contributed by atoms with van der Waals surface area (Å²) in [4.78, 5) is 14.6. The second-order valence-electron chi connectivity index (χ2n) is 6.01. The van der Waals surface area contributed by atoms with E-state index in [1.807, 2.05) is 43.0 Å². The van der Waals surface area contributed by atoms with Gasteiger partial charge in [0.15, 0.2) is 0 Å². The molecule has 0 aromatic heterocycles. The number of hydrogen-bond acceptors (Lipinski definition) is 2. The zero-order chi connectivity index (χ0) is 14.6. The normalized spacial score (nSPS) is 11.7. The Labute approximate surface area is 116 Å². The average molecular weight is 262 g/mol. The summed E-state index contributed by atoms with van der Waals surface area (Å²) in [5.74, 6) is 0.201. The van der Waals surface area contributed by atoms with E-state index < -0.39 is 0 Å². The summed E-state index contributed by atoms with van der Waals surface area (Å²) in [7, 11) is 0. The smallest absolute Gasteiger partial charge is 0.228 e. The zero-order valence-corrected chi connectivity index (χ0v) is 12.7. The first-order valence-corrected chi connectivity index (χ1v) is 6.93. The van der Waals surface area contributed by atoms with Crippen molar-refractivity contribution >= 4 is 11.6 Å². The number of nitrogens with two attached hydrogens (primary N) is 1. The minimum Gasteiger partial charge on any atom is -0.399 e. The molecule has 3 nitrogen and oxygen atoms in total. The van der Waals surface area contributed by atoms with E-state index >= 15 is 0 Å². The van der Waals surface area contributed by atoms with Crippen molar-refractivity contribution in [2.75, 3.05) is 5.73 Å². The van der Waals surface area contributed by atoms with E-state index in [4.69, 9.17) is 5.73 Å². The number of hydrogen-bond donors (Lipinski definition) is 1. The third-order valence-electron chi connectivity index (χ3n) is 3.65. The first-order chi connectivity index (χ1) is 8.77. The van der Waals surface area contributed by atoms with E-state index in [9.17, 15) is 4.79 Å². The molecule has 1 rings (SSSR count). The Morgan fingerprint density at radius 3 is 2.47 bits per heavy atom. The molecule has 3 heteroatoms. The molecule has 19 heavy (non-hydrogen) atoms. The van der Waals surface area contributed by atoms with Crippen LogP contribution in [0.4, 0.5) is 5.69 Å². The summed E-state index contributed by atoms with van der Waals surface area (Å²) in [5, 5.41) is 0. The molecule has 0 saturated heterocycles. The molecule has 0 heterocycles. The van der Waals surface area contributed by atoms with Gasteiger partial charge in [0.05, 0.1) is 0 Å². The van der Waals surface area contributed by atoms with Gasteiger partial charge in [0, 0.05) is 23.7 Å². The molecule has 1 aromatic rings. The van der Waals surface area contributed by atoms with E-state index in [-0.39, 0.29) is 17.4 Å². The van der Waals surface area contributed by atoms with E-state index in [0.29, 0.717) is 6.54 Å². The van der Waals surface area contributed by atoms with Crippen molar-refractivity contribution in [1.29, 1.82) is 0 Å². The second kappa shape index (κ2) is 6.09. The Hall–Kier alpha value is -1.51. The zero-order valence-electron chi connectivity index (χ0n) is 12.7. The van der Waals surface area contributed by atoms with Crippen molar-refractivity contribution in [2.45, 2.75) is 53.6 Å². The molecule has 0 aliphatic carbocycles. The predicted octanol–water partition coefficient (Wildman–Crippen LogP) is 3.44. The number of anilines is 1. The van der Waals surface area contributed by atoms with Gasteiger partial charge in [-0.05, 0) is 38.0 Å². The van der Waals surface area contributed by atoms with Crippen molar-refractivity contribution in [3.8, 4) is 0 Å². The first kappa shape index (κ1) is 15.5. The summed E-state index contributed by atoms with van der Waals surface area (Å²) in [6.07, 6.45) is 0.839. The number of carbonyl (C=O) groups excluding carboxylic acids is 1. The van der Waals surface area contributed by atoms with E-state index in [1.54, 1.807) is 0 Å². The van der Waals surface area contributed by atoms with Crippen LogP contribution in [0, 0.1) is 5.41 Å². The quantitative estimate of drug-likeness (QED) is 0.826. The van der Waals surface area contributed by atoms with Gasteiger partial charge in [-0.15, -0.1) is 0 Å².